The number of morpholine rings is 1. The fraction of sp³-hybridized carbons (Fsp3) is 0.368. The van der Waals surface area contributed by atoms with Gasteiger partial charge < -0.3 is 4.74 Å². The number of hydrogen-bond donors (Lipinski definition) is 0. The number of nitrogens with zero attached hydrogens (tertiary/aromatic N) is 2. The summed E-state index contributed by atoms with van der Waals surface area (Å²) in [5, 5.41) is 0. The average molecular weight is 439 g/mol. The molecule has 1 unspecified atom stereocenters. The van der Waals surface area contributed by atoms with E-state index in [0.717, 1.165) is 28.7 Å². The summed E-state index contributed by atoms with van der Waals surface area (Å²) < 4.78 is 32.9. The second-order valence-electron chi connectivity index (χ2n) is 6.58. The minimum Gasteiger partial charge on any atom is -0.371 e. The first-order valence-corrected chi connectivity index (χ1v) is 10.7. The van der Waals surface area contributed by atoms with Crippen LogP contribution in [-0.4, -0.2) is 51.4 Å². The molecule has 2 aromatic rings. The van der Waals surface area contributed by atoms with Crippen LogP contribution in [-0.2, 0) is 21.3 Å². The van der Waals surface area contributed by atoms with Gasteiger partial charge in [-0.2, -0.15) is 0 Å². The minimum absolute atomic E-state index is 0.0329. The Morgan fingerprint density at radius 2 is 1.92 bits per heavy atom. The summed E-state index contributed by atoms with van der Waals surface area (Å²) >= 11 is 3.45. The molecule has 2 aromatic carbocycles. The second kappa shape index (κ2) is 8.19. The molecule has 0 saturated carbocycles. The Labute approximate surface area is 163 Å². The molecule has 0 spiro atoms. The summed E-state index contributed by atoms with van der Waals surface area (Å²) in [6.07, 6.45) is 0.0329. The molecule has 0 N–H and O–H groups in total. The van der Waals surface area contributed by atoms with Gasteiger partial charge in [-0.1, -0.05) is 40.2 Å². The molecule has 0 aromatic heterocycles. The molecule has 0 bridgehead atoms. The van der Waals surface area contributed by atoms with E-state index in [1.807, 2.05) is 18.2 Å². The Morgan fingerprint density at radius 1 is 1.19 bits per heavy atom. The molecule has 1 fully saturated rings. The van der Waals surface area contributed by atoms with Crippen LogP contribution in [0.4, 0.5) is 0 Å². The second-order valence-corrected chi connectivity index (χ2v) is 9.65. The fourth-order valence-corrected chi connectivity index (χ4v) is 4.24. The summed E-state index contributed by atoms with van der Waals surface area (Å²) in [4.78, 5) is 2.63. The van der Waals surface area contributed by atoms with Gasteiger partial charge in [0.1, 0.15) is 0 Å². The number of halogens is 1. The van der Waals surface area contributed by atoms with Crippen LogP contribution in [0.15, 0.2) is 57.9 Å². The van der Waals surface area contributed by atoms with Crippen molar-refractivity contribution in [1.82, 2.24) is 9.21 Å². The zero-order valence-electron chi connectivity index (χ0n) is 14.9. The first kappa shape index (κ1) is 19.5. The van der Waals surface area contributed by atoms with E-state index in [1.54, 1.807) is 32.3 Å². The van der Waals surface area contributed by atoms with Crippen molar-refractivity contribution in [2.75, 3.05) is 33.8 Å². The van der Waals surface area contributed by atoms with Crippen LogP contribution in [0.3, 0.4) is 0 Å². The molecule has 1 aliphatic heterocycles. The van der Waals surface area contributed by atoms with Gasteiger partial charge in [0.25, 0.3) is 0 Å². The van der Waals surface area contributed by atoms with E-state index in [9.17, 15) is 8.42 Å². The lowest BCUT2D eigenvalue weighted by molar-refractivity contribution is -0.0329. The molecule has 5 nitrogen and oxygen atoms in total. The third kappa shape index (κ3) is 4.53. The zero-order chi connectivity index (χ0) is 18.7. The number of sulfonamides is 1. The molecular weight excluding hydrogens is 416 g/mol. The van der Waals surface area contributed by atoms with Gasteiger partial charge in [0, 0.05) is 38.2 Å². The molecule has 1 atom stereocenters. The van der Waals surface area contributed by atoms with Crippen molar-refractivity contribution < 1.29 is 13.2 Å². The molecule has 1 aliphatic rings. The van der Waals surface area contributed by atoms with Crippen molar-refractivity contribution in [2.24, 2.45) is 0 Å². The van der Waals surface area contributed by atoms with Gasteiger partial charge in [-0.05, 0) is 35.4 Å². The topological polar surface area (TPSA) is 49.9 Å². The zero-order valence-corrected chi connectivity index (χ0v) is 17.3. The van der Waals surface area contributed by atoms with Crippen LogP contribution in [0.25, 0.3) is 0 Å². The Balaban J connectivity index is 1.72. The maximum atomic E-state index is 12.3. The van der Waals surface area contributed by atoms with Crippen LogP contribution in [0.1, 0.15) is 17.2 Å². The van der Waals surface area contributed by atoms with Crippen LogP contribution in [0.2, 0.25) is 0 Å². The number of ether oxygens (including phenoxy) is 1. The molecule has 1 heterocycles. The van der Waals surface area contributed by atoms with E-state index in [4.69, 9.17) is 4.74 Å². The lowest BCUT2D eigenvalue weighted by Gasteiger charge is -2.33. The van der Waals surface area contributed by atoms with Gasteiger partial charge in [0.05, 0.1) is 17.6 Å². The summed E-state index contributed by atoms with van der Waals surface area (Å²) in [6, 6.07) is 15.4. The molecule has 26 heavy (non-hydrogen) atoms. The first-order valence-electron chi connectivity index (χ1n) is 8.47. The Morgan fingerprint density at radius 3 is 2.62 bits per heavy atom. The van der Waals surface area contributed by atoms with E-state index in [0.29, 0.717) is 18.0 Å². The van der Waals surface area contributed by atoms with E-state index >= 15 is 0 Å². The summed E-state index contributed by atoms with van der Waals surface area (Å²) in [5.74, 6) is 0. The molecule has 140 valence electrons. The standard InChI is InChI=1S/C19H23BrN2O3S/c1-21(2)26(23,24)18-5-3-4-15(12-18)13-22-10-11-25-19(14-22)16-6-8-17(20)9-7-16/h3-9,12,19H,10-11,13-14H2,1-2H3. The molecule has 1 saturated heterocycles. The molecule has 7 heteroatoms. The van der Waals surface area contributed by atoms with Crippen LogP contribution < -0.4 is 0 Å². The Kier molecular flexibility index (Phi) is 6.14. The number of hydrogen-bond acceptors (Lipinski definition) is 4. The van der Waals surface area contributed by atoms with Gasteiger partial charge >= 0.3 is 0 Å². The van der Waals surface area contributed by atoms with Gasteiger partial charge in [0.15, 0.2) is 0 Å². The van der Waals surface area contributed by atoms with Gasteiger partial charge in [-0.3, -0.25) is 4.90 Å². The van der Waals surface area contributed by atoms with E-state index in [1.165, 1.54) is 4.31 Å². The highest BCUT2D eigenvalue weighted by Crippen LogP contribution is 2.25. The largest absolute Gasteiger partial charge is 0.371 e. The quantitative estimate of drug-likeness (QED) is 0.718. The maximum absolute atomic E-state index is 12.3. The van der Waals surface area contributed by atoms with Crippen molar-refractivity contribution in [3.63, 3.8) is 0 Å². The minimum atomic E-state index is -3.41. The van der Waals surface area contributed by atoms with E-state index in [-0.39, 0.29) is 6.10 Å². The predicted octanol–water partition coefficient (Wildman–Crippen LogP) is 3.27. The highest BCUT2D eigenvalue weighted by molar-refractivity contribution is 9.10. The van der Waals surface area contributed by atoms with Crippen molar-refractivity contribution in [3.05, 3.63) is 64.1 Å². The lowest BCUT2D eigenvalue weighted by atomic mass is 10.1. The SMILES string of the molecule is CN(C)S(=O)(=O)c1cccc(CN2CCOC(c3ccc(Br)cc3)C2)c1. The summed E-state index contributed by atoms with van der Waals surface area (Å²) in [7, 11) is -0.316. The van der Waals surface area contributed by atoms with Crippen molar-refractivity contribution in [2.45, 2.75) is 17.5 Å². The molecule has 0 radical (unpaired) electrons. The fourth-order valence-electron chi connectivity index (χ4n) is 3.00. The highest BCUT2D eigenvalue weighted by Gasteiger charge is 2.23. The van der Waals surface area contributed by atoms with Gasteiger partial charge in [-0.15, -0.1) is 0 Å². The average Bonchev–Trinajstić information content (AvgIpc) is 2.62. The van der Waals surface area contributed by atoms with Crippen molar-refractivity contribution in [3.8, 4) is 0 Å². The third-order valence-electron chi connectivity index (χ3n) is 4.48. The van der Waals surface area contributed by atoms with Gasteiger partial charge in [-0.25, -0.2) is 12.7 Å². The number of benzene rings is 2. The Hall–Kier alpha value is -1.25. The molecule has 0 aliphatic carbocycles. The molecular formula is C19H23BrN2O3S. The van der Waals surface area contributed by atoms with Crippen molar-refractivity contribution >= 4 is 26.0 Å². The smallest absolute Gasteiger partial charge is 0.242 e. The number of rotatable bonds is 5. The molecule has 3 rings (SSSR count). The van der Waals surface area contributed by atoms with Crippen LogP contribution in [0, 0.1) is 0 Å². The summed E-state index contributed by atoms with van der Waals surface area (Å²) in [6.45, 7) is 2.98. The van der Waals surface area contributed by atoms with Crippen LogP contribution in [0.5, 0.6) is 0 Å². The lowest BCUT2D eigenvalue weighted by Crippen LogP contribution is -2.37. The Bertz CT molecular complexity index is 853. The normalized spacial score (nSPS) is 19.0. The van der Waals surface area contributed by atoms with Gasteiger partial charge in [0.2, 0.25) is 10.0 Å². The maximum Gasteiger partial charge on any atom is 0.242 e. The first-order chi connectivity index (χ1) is 12.4. The van der Waals surface area contributed by atoms with Crippen molar-refractivity contribution in [1.29, 1.82) is 0 Å². The van der Waals surface area contributed by atoms with E-state index in [2.05, 4.69) is 33.0 Å². The third-order valence-corrected chi connectivity index (χ3v) is 6.82. The predicted molar refractivity (Wildman–Crippen MR) is 105 cm³/mol. The monoisotopic (exact) mass is 438 g/mol. The van der Waals surface area contributed by atoms with E-state index < -0.39 is 10.0 Å². The van der Waals surface area contributed by atoms with Crippen LogP contribution >= 0.6 is 15.9 Å². The highest BCUT2D eigenvalue weighted by atomic mass is 79.9. The molecule has 0 amide bonds. The summed E-state index contributed by atoms with van der Waals surface area (Å²) in [5.41, 5.74) is 2.14.